The minimum absolute atomic E-state index is 0.127. The van der Waals surface area contributed by atoms with Crippen LogP contribution in [-0.4, -0.2) is 34.1 Å². The van der Waals surface area contributed by atoms with E-state index < -0.39 is 10.9 Å². The van der Waals surface area contributed by atoms with Crippen LogP contribution in [0, 0.1) is 27.4 Å². The minimum Gasteiger partial charge on any atom is -0.481 e. The summed E-state index contributed by atoms with van der Waals surface area (Å²) in [5, 5.41) is 28.6. The van der Waals surface area contributed by atoms with E-state index in [1.165, 1.54) is 6.07 Å². The van der Waals surface area contributed by atoms with E-state index in [2.05, 4.69) is 4.98 Å². The molecule has 0 aromatic carbocycles. The number of carboxylic acids is 1. The first-order valence-corrected chi connectivity index (χ1v) is 6.52. The molecule has 21 heavy (non-hydrogen) atoms. The molecule has 0 spiro atoms. The lowest BCUT2D eigenvalue weighted by atomic mass is 9.93. The predicted molar refractivity (Wildman–Crippen MR) is 72.8 cm³/mol. The number of rotatable bonds is 4. The molecule has 0 atom stereocenters. The highest BCUT2D eigenvalue weighted by molar-refractivity contribution is 5.67. The third-order valence-electron chi connectivity index (χ3n) is 3.56. The molecule has 1 aromatic heterocycles. The molecule has 0 amide bonds. The first kappa shape index (κ1) is 14.7. The Morgan fingerprint density at radius 2 is 2.24 bits per heavy atom. The van der Waals surface area contributed by atoms with Gasteiger partial charge >= 0.3 is 5.97 Å². The number of nitrogens with zero attached hydrogens (tertiary/aromatic N) is 4. The highest BCUT2D eigenvalue weighted by Crippen LogP contribution is 2.27. The zero-order chi connectivity index (χ0) is 15.4. The van der Waals surface area contributed by atoms with Crippen LogP contribution in [0.5, 0.6) is 0 Å². The van der Waals surface area contributed by atoms with E-state index in [4.69, 9.17) is 10.4 Å². The maximum Gasteiger partial charge on any atom is 0.303 e. The Balaban J connectivity index is 2.12. The van der Waals surface area contributed by atoms with Crippen molar-refractivity contribution in [2.24, 2.45) is 5.92 Å². The fourth-order valence-electron chi connectivity index (χ4n) is 2.48. The van der Waals surface area contributed by atoms with Gasteiger partial charge in [-0.05, 0) is 18.8 Å². The van der Waals surface area contributed by atoms with Crippen molar-refractivity contribution in [3.8, 4) is 6.07 Å². The van der Waals surface area contributed by atoms with E-state index in [-0.39, 0.29) is 23.6 Å². The molecule has 1 saturated heterocycles. The van der Waals surface area contributed by atoms with Crippen LogP contribution in [0.25, 0.3) is 0 Å². The van der Waals surface area contributed by atoms with E-state index in [0.29, 0.717) is 31.7 Å². The second-order valence-corrected chi connectivity index (χ2v) is 4.96. The molecule has 1 aliphatic heterocycles. The van der Waals surface area contributed by atoms with Crippen LogP contribution in [0.4, 0.5) is 11.5 Å². The summed E-state index contributed by atoms with van der Waals surface area (Å²) < 4.78 is 0. The number of nitro groups is 1. The Bertz CT molecular complexity index is 603. The molecule has 1 fully saturated rings. The zero-order valence-corrected chi connectivity index (χ0v) is 11.2. The van der Waals surface area contributed by atoms with Crippen molar-refractivity contribution >= 4 is 17.5 Å². The summed E-state index contributed by atoms with van der Waals surface area (Å²) in [7, 11) is 0. The molecule has 8 heteroatoms. The Morgan fingerprint density at radius 1 is 1.57 bits per heavy atom. The number of nitriles is 1. The Hall–Kier alpha value is -2.69. The molecular weight excluding hydrogens is 276 g/mol. The lowest BCUT2D eigenvalue weighted by Gasteiger charge is -2.32. The SMILES string of the molecule is N#Cc1cc([N+](=O)[O-])cnc1N1CCC(CC(=O)O)CC1. The highest BCUT2D eigenvalue weighted by Gasteiger charge is 2.24. The largest absolute Gasteiger partial charge is 0.481 e. The standard InChI is InChI=1S/C13H14N4O4/c14-7-10-6-11(17(20)21)8-15-13(10)16-3-1-9(2-4-16)5-12(18)19/h6,8-9H,1-5H2,(H,18,19). The summed E-state index contributed by atoms with van der Waals surface area (Å²) in [6, 6.07) is 3.14. The summed E-state index contributed by atoms with van der Waals surface area (Å²) in [4.78, 5) is 26.7. The number of carboxylic acid groups (broad SMARTS) is 1. The van der Waals surface area contributed by atoms with Gasteiger partial charge in [0.25, 0.3) is 5.69 Å². The molecule has 2 heterocycles. The third kappa shape index (κ3) is 3.45. The van der Waals surface area contributed by atoms with Crippen LogP contribution in [0.2, 0.25) is 0 Å². The van der Waals surface area contributed by atoms with Gasteiger partial charge in [0.1, 0.15) is 23.6 Å². The van der Waals surface area contributed by atoms with Crippen LogP contribution in [0.1, 0.15) is 24.8 Å². The summed E-state index contributed by atoms with van der Waals surface area (Å²) >= 11 is 0. The van der Waals surface area contributed by atoms with Crippen molar-refractivity contribution in [2.75, 3.05) is 18.0 Å². The van der Waals surface area contributed by atoms with Gasteiger partial charge in [0.05, 0.1) is 4.92 Å². The number of carbonyl (C=O) groups is 1. The molecule has 0 aliphatic carbocycles. The molecule has 0 bridgehead atoms. The molecule has 1 N–H and O–H groups in total. The average Bonchev–Trinajstić information content (AvgIpc) is 2.46. The molecule has 1 aromatic rings. The minimum atomic E-state index is -0.806. The van der Waals surface area contributed by atoms with Gasteiger partial charge in [-0.2, -0.15) is 5.26 Å². The van der Waals surface area contributed by atoms with Crippen LogP contribution in [-0.2, 0) is 4.79 Å². The van der Waals surface area contributed by atoms with Gasteiger partial charge in [0, 0.05) is 25.6 Å². The normalized spacial score (nSPS) is 15.5. The fraction of sp³-hybridized carbons (Fsp3) is 0.462. The third-order valence-corrected chi connectivity index (χ3v) is 3.56. The van der Waals surface area contributed by atoms with E-state index in [1.807, 2.05) is 11.0 Å². The van der Waals surface area contributed by atoms with Gasteiger partial charge in [-0.3, -0.25) is 14.9 Å². The van der Waals surface area contributed by atoms with Gasteiger partial charge in [0.2, 0.25) is 0 Å². The molecular formula is C13H14N4O4. The molecule has 1 aliphatic rings. The van der Waals surface area contributed by atoms with Gasteiger partial charge in [-0.1, -0.05) is 0 Å². The second-order valence-electron chi connectivity index (χ2n) is 4.96. The van der Waals surface area contributed by atoms with Crippen LogP contribution in [0.15, 0.2) is 12.3 Å². The quantitative estimate of drug-likeness (QED) is 0.659. The van der Waals surface area contributed by atoms with E-state index >= 15 is 0 Å². The number of hydrogen-bond acceptors (Lipinski definition) is 6. The average molecular weight is 290 g/mol. The van der Waals surface area contributed by atoms with Crippen molar-refractivity contribution < 1.29 is 14.8 Å². The van der Waals surface area contributed by atoms with Crippen molar-refractivity contribution in [3.05, 3.63) is 27.9 Å². The van der Waals surface area contributed by atoms with Gasteiger partial charge < -0.3 is 10.0 Å². The molecule has 0 unspecified atom stereocenters. The number of piperidine rings is 1. The van der Waals surface area contributed by atoms with Crippen LogP contribution >= 0.6 is 0 Å². The Labute approximate surface area is 120 Å². The maximum atomic E-state index is 10.7. The number of anilines is 1. The van der Waals surface area contributed by atoms with E-state index in [1.54, 1.807) is 0 Å². The second kappa shape index (κ2) is 6.17. The van der Waals surface area contributed by atoms with Crippen molar-refractivity contribution in [3.63, 3.8) is 0 Å². The lowest BCUT2D eigenvalue weighted by Crippen LogP contribution is -2.35. The van der Waals surface area contributed by atoms with Crippen molar-refractivity contribution in [1.29, 1.82) is 5.26 Å². The molecule has 110 valence electrons. The Kier molecular flexibility index (Phi) is 4.33. The lowest BCUT2D eigenvalue weighted by molar-refractivity contribution is -0.385. The number of aromatic nitrogens is 1. The number of hydrogen-bond donors (Lipinski definition) is 1. The first-order valence-electron chi connectivity index (χ1n) is 6.52. The number of pyridine rings is 1. The van der Waals surface area contributed by atoms with Gasteiger partial charge in [0.15, 0.2) is 0 Å². The van der Waals surface area contributed by atoms with Crippen LogP contribution < -0.4 is 4.90 Å². The van der Waals surface area contributed by atoms with Crippen molar-refractivity contribution in [2.45, 2.75) is 19.3 Å². The topological polar surface area (TPSA) is 120 Å². The van der Waals surface area contributed by atoms with E-state index in [0.717, 1.165) is 6.20 Å². The number of aliphatic carboxylic acids is 1. The van der Waals surface area contributed by atoms with Gasteiger partial charge in [-0.15, -0.1) is 0 Å². The predicted octanol–water partition coefficient (Wildman–Crippen LogP) is 1.55. The molecule has 0 radical (unpaired) electrons. The Morgan fingerprint density at radius 3 is 2.76 bits per heavy atom. The van der Waals surface area contributed by atoms with Crippen LogP contribution in [0.3, 0.4) is 0 Å². The van der Waals surface area contributed by atoms with Gasteiger partial charge in [-0.25, -0.2) is 4.98 Å². The first-order chi connectivity index (χ1) is 10.0. The zero-order valence-electron chi connectivity index (χ0n) is 11.2. The summed E-state index contributed by atoms with van der Waals surface area (Å²) in [5.74, 6) is -0.251. The summed E-state index contributed by atoms with van der Waals surface area (Å²) in [5.41, 5.74) is -0.0445. The fourth-order valence-corrected chi connectivity index (χ4v) is 2.48. The van der Waals surface area contributed by atoms with Crippen molar-refractivity contribution in [1.82, 2.24) is 4.98 Å². The molecule has 2 rings (SSSR count). The van der Waals surface area contributed by atoms with E-state index in [9.17, 15) is 14.9 Å². The highest BCUT2D eigenvalue weighted by atomic mass is 16.6. The molecule has 8 nitrogen and oxygen atoms in total. The smallest absolute Gasteiger partial charge is 0.303 e. The maximum absolute atomic E-state index is 10.7. The summed E-state index contributed by atoms with van der Waals surface area (Å²) in [6.07, 6.45) is 2.69. The molecule has 0 saturated carbocycles. The summed E-state index contributed by atoms with van der Waals surface area (Å²) in [6.45, 7) is 1.19. The monoisotopic (exact) mass is 290 g/mol.